The van der Waals surface area contributed by atoms with E-state index < -0.39 is 11.9 Å². The molecule has 2 heterocycles. The predicted molar refractivity (Wildman–Crippen MR) is 63.6 cm³/mol. The third-order valence-corrected chi connectivity index (χ3v) is 3.15. The van der Waals surface area contributed by atoms with E-state index in [0.29, 0.717) is 19.5 Å². The second-order valence-corrected chi connectivity index (χ2v) is 4.42. The average molecular weight is 273 g/mol. The molecule has 0 bridgehead atoms. The number of nitrogens with one attached hydrogen (secondary N) is 1. The molecular weight excluding hydrogens is 259 g/mol. The van der Waals surface area contributed by atoms with Crippen molar-refractivity contribution in [3.63, 3.8) is 0 Å². The summed E-state index contributed by atoms with van der Waals surface area (Å²) in [6.07, 6.45) is -3.83. The largest absolute Gasteiger partial charge is 0.433 e. The molecule has 1 aromatic rings. The third kappa shape index (κ3) is 2.97. The van der Waals surface area contributed by atoms with Crippen LogP contribution in [0.5, 0.6) is 0 Å². The lowest BCUT2D eigenvalue weighted by molar-refractivity contribution is -0.141. The van der Waals surface area contributed by atoms with Crippen LogP contribution in [0.4, 0.5) is 19.0 Å². The smallest absolute Gasteiger partial charge is 0.359 e. The molecule has 1 atom stereocenters. The normalized spacial score (nSPS) is 19.6. The Kier molecular flexibility index (Phi) is 3.64. The number of carbonyl (C=O) groups is 1. The summed E-state index contributed by atoms with van der Waals surface area (Å²) in [6, 6.07) is 3.80. The predicted octanol–water partition coefficient (Wildman–Crippen LogP) is 1.67. The van der Waals surface area contributed by atoms with Gasteiger partial charge in [0, 0.05) is 20.1 Å². The highest BCUT2D eigenvalue weighted by Gasteiger charge is 2.34. The minimum absolute atomic E-state index is 0.0884. The molecule has 1 saturated heterocycles. The van der Waals surface area contributed by atoms with Crippen LogP contribution in [0.2, 0.25) is 0 Å². The summed E-state index contributed by atoms with van der Waals surface area (Å²) in [7, 11) is 1.55. The van der Waals surface area contributed by atoms with E-state index in [4.69, 9.17) is 0 Å². The molecule has 0 saturated carbocycles. The van der Waals surface area contributed by atoms with Crippen LogP contribution in [0.3, 0.4) is 0 Å². The van der Waals surface area contributed by atoms with Gasteiger partial charge in [0.25, 0.3) is 0 Å². The average Bonchev–Trinajstić information content (AvgIpc) is 2.86. The van der Waals surface area contributed by atoms with Crippen LogP contribution in [-0.2, 0) is 11.0 Å². The minimum Gasteiger partial charge on any atom is -0.359 e. The maximum atomic E-state index is 12.6. The maximum Gasteiger partial charge on any atom is 0.433 e. The fraction of sp³-hybridized carbons (Fsp3) is 0.500. The summed E-state index contributed by atoms with van der Waals surface area (Å²) < 4.78 is 37.7. The van der Waals surface area contributed by atoms with Crippen molar-refractivity contribution in [1.82, 2.24) is 10.3 Å². The molecule has 1 unspecified atom stereocenters. The lowest BCUT2D eigenvalue weighted by Gasteiger charge is -2.18. The van der Waals surface area contributed by atoms with Crippen molar-refractivity contribution in [3.8, 4) is 0 Å². The molecule has 2 rings (SSSR count). The van der Waals surface area contributed by atoms with Crippen molar-refractivity contribution in [2.24, 2.45) is 5.92 Å². The SMILES string of the molecule is CNC(=O)C1CCN(c2cccc(C(F)(F)F)n2)C1. The monoisotopic (exact) mass is 273 g/mol. The van der Waals surface area contributed by atoms with Gasteiger partial charge in [-0.3, -0.25) is 4.79 Å². The zero-order valence-corrected chi connectivity index (χ0v) is 10.4. The van der Waals surface area contributed by atoms with Gasteiger partial charge in [-0.1, -0.05) is 6.07 Å². The van der Waals surface area contributed by atoms with E-state index >= 15 is 0 Å². The molecule has 7 heteroatoms. The molecule has 1 amide bonds. The molecular formula is C12H14F3N3O. The Morgan fingerprint density at radius 2 is 2.21 bits per heavy atom. The number of aromatic nitrogens is 1. The Bertz CT molecular complexity index is 476. The van der Waals surface area contributed by atoms with Crippen LogP contribution in [0.15, 0.2) is 18.2 Å². The molecule has 0 aromatic carbocycles. The van der Waals surface area contributed by atoms with E-state index in [-0.39, 0.29) is 17.6 Å². The van der Waals surface area contributed by atoms with E-state index in [1.165, 1.54) is 12.1 Å². The first-order valence-electron chi connectivity index (χ1n) is 5.92. The fourth-order valence-corrected chi connectivity index (χ4v) is 2.14. The van der Waals surface area contributed by atoms with Gasteiger partial charge < -0.3 is 10.2 Å². The van der Waals surface area contributed by atoms with Gasteiger partial charge >= 0.3 is 6.18 Å². The Labute approximate surface area is 108 Å². The lowest BCUT2D eigenvalue weighted by atomic mass is 10.1. The molecule has 1 aromatic heterocycles. The van der Waals surface area contributed by atoms with E-state index in [9.17, 15) is 18.0 Å². The maximum absolute atomic E-state index is 12.6. The van der Waals surface area contributed by atoms with Crippen LogP contribution in [0.1, 0.15) is 12.1 Å². The summed E-state index contributed by atoms with van der Waals surface area (Å²) in [5, 5.41) is 2.55. The number of pyridine rings is 1. The summed E-state index contributed by atoms with van der Waals surface area (Å²) in [4.78, 5) is 16.8. The van der Waals surface area contributed by atoms with E-state index in [2.05, 4.69) is 10.3 Å². The van der Waals surface area contributed by atoms with Crippen LogP contribution in [-0.4, -0.2) is 31.0 Å². The number of nitrogens with zero attached hydrogens (tertiary/aromatic N) is 2. The summed E-state index contributed by atoms with van der Waals surface area (Å²) in [5.74, 6) is -0.0166. The quantitative estimate of drug-likeness (QED) is 0.891. The number of hydrogen-bond acceptors (Lipinski definition) is 3. The first kappa shape index (κ1) is 13.6. The molecule has 0 spiro atoms. The number of alkyl halides is 3. The summed E-state index contributed by atoms with van der Waals surface area (Å²) in [5.41, 5.74) is -0.909. The van der Waals surface area contributed by atoms with Crippen molar-refractivity contribution in [1.29, 1.82) is 0 Å². The molecule has 0 aliphatic carbocycles. The molecule has 1 aliphatic rings. The highest BCUT2D eigenvalue weighted by Crippen LogP contribution is 2.30. The molecule has 0 radical (unpaired) electrons. The van der Waals surface area contributed by atoms with Gasteiger partial charge in [-0.15, -0.1) is 0 Å². The molecule has 19 heavy (non-hydrogen) atoms. The number of amides is 1. The second kappa shape index (κ2) is 5.07. The Morgan fingerprint density at radius 3 is 2.84 bits per heavy atom. The van der Waals surface area contributed by atoms with Crippen LogP contribution in [0.25, 0.3) is 0 Å². The first-order valence-corrected chi connectivity index (χ1v) is 5.92. The topological polar surface area (TPSA) is 45.2 Å². The second-order valence-electron chi connectivity index (χ2n) is 4.42. The Balaban J connectivity index is 2.14. The van der Waals surface area contributed by atoms with Gasteiger partial charge in [-0.2, -0.15) is 13.2 Å². The Morgan fingerprint density at radius 1 is 1.47 bits per heavy atom. The molecule has 1 fully saturated rings. The summed E-state index contributed by atoms with van der Waals surface area (Å²) in [6.45, 7) is 0.931. The number of halogens is 3. The van der Waals surface area contributed by atoms with Crippen molar-refractivity contribution < 1.29 is 18.0 Å². The van der Waals surface area contributed by atoms with Gasteiger partial charge in [-0.05, 0) is 18.6 Å². The summed E-state index contributed by atoms with van der Waals surface area (Å²) >= 11 is 0. The molecule has 1 N–H and O–H groups in total. The zero-order chi connectivity index (χ0) is 14.0. The van der Waals surface area contributed by atoms with Crippen molar-refractivity contribution in [3.05, 3.63) is 23.9 Å². The third-order valence-electron chi connectivity index (χ3n) is 3.15. The van der Waals surface area contributed by atoms with Crippen LogP contribution >= 0.6 is 0 Å². The van der Waals surface area contributed by atoms with Crippen molar-refractivity contribution >= 4 is 11.7 Å². The van der Waals surface area contributed by atoms with E-state index in [1.54, 1.807) is 11.9 Å². The van der Waals surface area contributed by atoms with Crippen LogP contribution in [0, 0.1) is 5.92 Å². The lowest BCUT2D eigenvalue weighted by Crippen LogP contribution is -2.30. The van der Waals surface area contributed by atoms with Crippen molar-refractivity contribution in [2.45, 2.75) is 12.6 Å². The highest BCUT2D eigenvalue weighted by molar-refractivity contribution is 5.79. The fourth-order valence-electron chi connectivity index (χ4n) is 2.14. The van der Waals surface area contributed by atoms with Crippen molar-refractivity contribution in [2.75, 3.05) is 25.0 Å². The number of carbonyl (C=O) groups excluding carboxylic acids is 1. The van der Waals surface area contributed by atoms with Gasteiger partial charge in [0.2, 0.25) is 5.91 Å². The van der Waals surface area contributed by atoms with Crippen LogP contribution < -0.4 is 10.2 Å². The standard InChI is InChI=1S/C12H14F3N3O/c1-16-11(19)8-5-6-18(7-8)10-4-2-3-9(17-10)12(13,14)15/h2-4,8H,5-7H2,1H3,(H,16,19). The molecule has 1 aliphatic heterocycles. The Hall–Kier alpha value is -1.79. The number of anilines is 1. The first-order chi connectivity index (χ1) is 8.91. The van der Waals surface area contributed by atoms with Gasteiger partial charge in [0.15, 0.2) is 0 Å². The number of hydrogen-bond donors (Lipinski definition) is 1. The van der Waals surface area contributed by atoms with E-state index in [0.717, 1.165) is 6.07 Å². The molecule has 4 nitrogen and oxygen atoms in total. The van der Waals surface area contributed by atoms with Gasteiger partial charge in [0.1, 0.15) is 11.5 Å². The zero-order valence-electron chi connectivity index (χ0n) is 10.4. The van der Waals surface area contributed by atoms with E-state index in [1.807, 2.05) is 0 Å². The minimum atomic E-state index is -4.45. The van der Waals surface area contributed by atoms with Gasteiger partial charge in [-0.25, -0.2) is 4.98 Å². The highest BCUT2D eigenvalue weighted by atomic mass is 19.4. The molecule has 104 valence electrons. The number of rotatable bonds is 2. The van der Waals surface area contributed by atoms with Gasteiger partial charge in [0.05, 0.1) is 5.92 Å².